The Bertz CT molecular complexity index is 796. The normalized spacial score (nSPS) is 10.8. The van der Waals surface area contributed by atoms with Crippen molar-refractivity contribution in [3.05, 3.63) is 48.5 Å². The van der Waals surface area contributed by atoms with E-state index in [9.17, 15) is 0 Å². The van der Waals surface area contributed by atoms with E-state index in [2.05, 4.69) is 20.6 Å². The predicted octanol–water partition coefficient (Wildman–Crippen LogP) is 3.94. The van der Waals surface area contributed by atoms with Gasteiger partial charge in [-0.1, -0.05) is 12.1 Å². The Morgan fingerprint density at radius 3 is 2.72 bits per heavy atom. The largest absolute Gasteiger partial charge is 0.382 e. The van der Waals surface area contributed by atoms with Crippen molar-refractivity contribution in [2.75, 3.05) is 25.1 Å². The van der Waals surface area contributed by atoms with Crippen LogP contribution in [0, 0.1) is 0 Å². The number of H-pyrrole nitrogens is 1. The minimum Gasteiger partial charge on any atom is -0.382 e. The number of aromatic nitrogens is 2. The molecule has 0 radical (unpaired) electrons. The zero-order valence-electron chi connectivity index (χ0n) is 14.2. The van der Waals surface area contributed by atoms with E-state index in [0.717, 1.165) is 54.3 Å². The molecule has 0 aliphatic rings. The number of rotatable bonds is 7. The van der Waals surface area contributed by atoms with E-state index >= 15 is 0 Å². The van der Waals surface area contributed by atoms with E-state index in [-0.39, 0.29) is 0 Å². The van der Waals surface area contributed by atoms with Gasteiger partial charge in [-0.3, -0.25) is 0 Å². The highest BCUT2D eigenvalue weighted by Gasteiger charge is 2.05. The van der Waals surface area contributed by atoms with Gasteiger partial charge in [0.05, 0.1) is 11.0 Å². The van der Waals surface area contributed by atoms with Gasteiger partial charge in [0.15, 0.2) is 5.11 Å². The fourth-order valence-corrected chi connectivity index (χ4v) is 2.72. The molecule has 6 heteroatoms. The van der Waals surface area contributed by atoms with Crippen LogP contribution in [0.3, 0.4) is 0 Å². The Hall–Kier alpha value is -2.44. The van der Waals surface area contributed by atoms with Gasteiger partial charge >= 0.3 is 0 Å². The van der Waals surface area contributed by atoms with Crippen LogP contribution in [0.4, 0.5) is 5.69 Å². The summed E-state index contributed by atoms with van der Waals surface area (Å²) < 4.78 is 5.30. The van der Waals surface area contributed by atoms with Crippen LogP contribution in [0.2, 0.25) is 0 Å². The molecule has 0 saturated heterocycles. The lowest BCUT2D eigenvalue weighted by Crippen LogP contribution is -2.29. The Labute approximate surface area is 152 Å². The molecule has 0 unspecified atom stereocenters. The Kier molecular flexibility index (Phi) is 5.98. The Balaban J connectivity index is 1.56. The minimum atomic E-state index is 0.619. The Morgan fingerprint density at radius 1 is 1.16 bits per heavy atom. The number of nitrogens with zero attached hydrogens (tertiary/aromatic N) is 1. The van der Waals surface area contributed by atoms with Crippen molar-refractivity contribution in [3.63, 3.8) is 0 Å². The SMILES string of the molecule is CCOCCCNC(=S)Nc1ccc(-c2nc3ccccc3[nH]2)cc1. The Morgan fingerprint density at radius 2 is 1.96 bits per heavy atom. The van der Waals surface area contributed by atoms with E-state index in [0.29, 0.717) is 5.11 Å². The second kappa shape index (κ2) is 8.60. The summed E-state index contributed by atoms with van der Waals surface area (Å²) in [7, 11) is 0. The molecule has 0 bridgehead atoms. The topological polar surface area (TPSA) is 62.0 Å². The molecule has 0 atom stereocenters. The smallest absolute Gasteiger partial charge is 0.170 e. The molecule has 130 valence electrons. The van der Waals surface area contributed by atoms with Gasteiger partial charge in [0.2, 0.25) is 0 Å². The molecule has 0 spiro atoms. The second-order valence-corrected chi connectivity index (χ2v) is 6.02. The van der Waals surface area contributed by atoms with Crippen LogP contribution >= 0.6 is 12.2 Å². The van der Waals surface area contributed by atoms with Gasteiger partial charge in [-0.25, -0.2) is 4.98 Å². The number of ether oxygens (including phenoxy) is 1. The highest BCUT2D eigenvalue weighted by Crippen LogP contribution is 2.21. The third kappa shape index (κ3) is 4.78. The third-order valence-electron chi connectivity index (χ3n) is 3.76. The average molecular weight is 354 g/mol. The lowest BCUT2D eigenvalue weighted by atomic mass is 10.2. The van der Waals surface area contributed by atoms with Gasteiger partial charge in [0.25, 0.3) is 0 Å². The van der Waals surface area contributed by atoms with E-state index in [4.69, 9.17) is 17.0 Å². The number of para-hydroxylation sites is 2. The number of thiocarbonyl (C=S) groups is 1. The minimum absolute atomic E-state index is 0.619. The van der Waals surface area contributed by atoms with Gasteiger partial charge in [-0.15, -0.1) is 0 Å². The van der Waals surface area contributed by atoms with Gasteiger partial charge in [-0.05, 0) is 62.0 Å². The molecule has 3 rings (SSSR count). The summed E-state index contributed by atoms with van der Waals surface area (Å²) >= 11 is 5.30. The van der Waals surface area contributed by atoms with Crippen molar-refractivity contribution in [3.8, 4) is 11.4 Å². The number of benzene rings is 2. The van der Waals surface area contributed by atoms with Crippen molar-refractivity contribution in [2.45, 2.75) is 13.3 Å². The predicted molar refractivity (Wildman–Crippen MR) is 107 cm³/mol. The first-order chi connectivity index (χ1) is 12.3. The fraction of sp³-hybridized carbons (Fsp3) is 0.263. The van der Waals surface area contributed by atoms with Crippen LogP contribution in [0.25, 0.3) is 22.4 Å². The first-order valence-electron chi connectivity index (χ1n) is 8.44. The molecule has 1 heterocycles. The van der Waals surface area contributed by atoms with Gasteiger partial charge in [0.1, 0.15) is 5.82 Å². The number of fused-ring (bicyclic) bond motifs is 1. The monoisotopic (exact) mass is 354 g/mol. The molecule has 3 N–H and O–H groups in total. The third-order valence-corrected chi connectivity index (χ3v) is 4.01. The van der Waals surface area contributed by atoms with Gasteiger partial charge in [0, 0.05) is 31.0 Å². The standard InChI is InChI=1S/C19H22N4OS/c1-2-24-13-5-12-20-19(25)21-15-10-8-14(9-11-15)18-22-16-6-3-4-7-17(16)23-18/h3-4,6-11H,2,5,12-13H2,1H3,(H,22,23)(H2,20,21,25). The highest BCUT2D eigenvalue weighted by molar-refractivity contribution is 7.80. The van der Waals surface area contributed by atoms with Crippen molar-refractivity contribution < 1.29 is 4.74 Å². The molecule has 2 aromatic carbocycles. The maximum Gasteiger partial charge on any atom is 0.170 e. The number of imidazole rings is 1. The lowest BCUT2D eigenvalue weighted by Gasteiger charge is -2.10. The van der Waals surface area contributed by atoms with Crippen LogP contribution in [0.1, 0.15) is 13.3 Å². The molecule has 0 fully saturated rings. The summed E-state index contributed by atoms with van der Waals surface area (Å²) in [5.74, 6) is 0.865. The first kappa shape index (κ1) is 17.4. The molecule has 0 amide bonds. The molecule has 1 aromatic heterocycles. The van der Waals surface area contributed by atoms with Crippen LogP contribution in [-0.2, 0) is 4.74 Å². The maximum absolute atomic E-state index is 5.30. The summed E-state index contributed by atoms with van der Waals surface area (Å²) in [6.07, 6.45) is 0.931. The van der Waals surface area contributed by atoms with E-state index in [1.807, 2.05) is 55.5 Å². The molecule has 3 aromatic rings. The zero-order valence-corrected chi connectivity index (χ0v) is 15.0. The van der Waals surface area contributed by atoms with Gasteiger partial charge in [-0.2, -0.15) is 0 Å². The lowest BCUT2D eigenvalue weighted by molar-refractivity contribution is 0.146. The summed E-state index contributed by atoms with van der Waals surface area (Å²) in [5.41, 5.74) is 3.99. The van der Waals surface area contributed by atoms with E-state index in [1.54, 1.807) is 0 Å². The molecule has 0 aliphatic carbocycles. The number of aromatic amines is 1. The molecular weight excluding hydrogens is 332 g/mol. The number of nitrogens with one attached hydrogen (secondary N) is 3. The van der Waals surface area contributed by atoms with Crippen molar-refractivity contribution in [2.24, 2.45) is 0 Å². The van der Waals surface area contributed by atoms with Gasteiger partial charge < -0.3 is 20.4 Å². The molecule has 0 saturated carbocycles. The van der Waals surface area contributed by atoms with Crippen molar-refractivity contribution >= 4 is 34.1 Å². The molecule has 5 nitrogen and oxygen atoms in total. The van der Waals surface area contributed by atoms with Crippen molar-refractivity contribution in [1.82, 2.24) is 15.3 Å². The first-order valence-corrected chi connectivity index (χ1v) is 8.85. The van der Waals surface area contributed by atoms with Crippen LogP contribution in [0.15, 0.2) is 48.5 Å². The summed E-state index contributed by atoms with van der Waals surface area (Å²) in [6.45, 7) is 4.29. The van der Waals surface area contributed by atoms with Crippen LogP contribution < -0.4 is 10.6 Å². The number of anilines is 1. The number of hydrogen-bond acceptors (Lipinski definition) is 3. The molecule has 25 heavy (non-hydrogen) atoms. The second-order valence-electron chi connectivity index (χ2n) is 5.61. The van der Waals surface area contributed by atoms with E-state index < -0.39 is 0 Å². The summed E-state index contributed by atoms with van der Waals surface area (Å²) in [5, 5.41) is 6.98. The molecular formula is C19H22N4OS. The maximum atomic E-state index is 5.30. The quantitative estimate of drug-likeness (QED) is 0.443. The van der Waals surface area contributed by atoms with E-state index in [1.165, 1.54) is 0 Å². The summed E-state index contributed by atoms with van der Waals surface area (Å²) in [6, 6.07) is 16.1. The average Bonchev–Trinajstić information content (AvgIpc) is 3.06. The zero-order chi connectivity index (χ0) is 17.5. The molecule has 0 aliphatic heterocycles. The fourth-order valence-electron chi connectivity index (χ4n) is 2.50. The van der Waals surface area contributed by atoms with Crippen LogP contribution in [0.5, 0.6) is 0 Å². The highest BCUT2D eigenvalue weighted by atomic mass is 32.1. The number of hydrogen-bond donors (Lipinski definition) is 3. The summed E-state index contributed by atoms with van der Waals surface area (Å²) in [4.78, 5) is 7.95. The van der Waals surface area contributed by atoms with Crippen LogP contribution in [-0.4, -0.2) is 34.8 Å². The van der Waals surface area contributed by atoms with Crippen molar-refractivity contribution in [1.29, 1.82) is 0 Å².